The molecule has 4 aromatic rings. The van der Waals surface area contributed by atoms with Crippen LogP contribution in [0.25, 0.3) is 0 Å². The van der Waals surface area contributed by atoms with Crippen LogP contribution in [0.4, 0.5) is 30.5 Å². The average molecular weight is 549 g/mol. The Morgan fingerprint density at radius 1 is 0.921 bits per heavy atom. The van der Waals surface area contributed by atoms with Crippen LogP contribution in [0.2, 0.25) is 0 Å². The van der Waals surface area contributed by atoms with E-state index in [0.29, 0.717) is 16.7 Å². The number of H-pyrrole nitrogens is 1. The van der Waals surface area contributed by atoms with Crippen molar-refractivity contribution in [3.05, 3.63) is 115 Å². The van der Waals surface area contributed by atoms with Gasteiger partial charge in [-0.3, -0.25) is 14.1 Å². The summed E-state index contributed by atoms with van der Waals surface area (Å²) in [5.74, 6) is -4.97. The molecule has 38 heavy (non-hydrogen) atoms. The quantitative estimate of drug-likeness (QED) is 0.284. The maximum atomic E-state index is 13.8. The van der Waals surface area contributed by atoms with Gasteiger partial charge in [-0.05, 0) is 48.0 Å². The minimum Gasteiger partial charge on any atom is -0.329 e. The molecule has 0 aliphatic carbocycles. The molecule has 2 aromatic heterocycles. The maximum Gasteiger partial charge on any atom is 0.355 e. The zero-order valence-corrected chi connectivity index (χ0v) is 20.4. The summed E-state index contributed by atoms with van der Waals surface area (Å²) in [7, 11) is -3.53. The summed E-state index contributed by atoms with van der Waals surface area (Å²) < 4.78 is 67.8. The van der Waals surface area contributed by atoms with E-state index in [2.05, 4.69) is 20.0 Å². The van der Waals surface area contributed by atoms with Crippen molar-refractivity contribution in [1.29, 1.82) is 0 Å². The monoisotopic (exact) mass is 548 g/mol. The highest BCUT2D eigenvalue weighted by atomic mass is 32.2. The number of nitrogens with zero attached hydrogens (tertiary/aromatic N) is 3. The highest BCUT2D eigenvalue weighted by Crippen LogP contribution is 2.19. The van der Waals surface area contributed by atoms with E-state index in [-0.39, 0.29) is 28.5 Å². The number of halogens is 3. The molecule has 0 saturated carbocycles. The molecule has 15 heteroatoms. The zero-order valence-electron chi connectivity index (χ0n) is 19.5. The van der Waals surface area contributed by atoms with Crippen LogP contribution in [0.1, 0.15) is 11.1 Å². The minimum atomic E-state index is -3.53. The van der Waals surface area contributed by atoms with Crippen molar-refractivity contribution >= 4 is 27.3 Å². The van der Waals surface area contributed by atoms with Crippen molar-refractivity contribution in [3.63, 3.8) is 0 Å². The second-order valence-corrected chi connectivity index (χ2v) is 9.90. The molecule has 3 N–H and O–H groups in total. The van der Waals surface area contributed by atoms with E-state index in [1.807, 2.05) is 0 Å². The van der Waals surface area contributed by atoms with Gasteiger partial charge >= 0.3 is 11.4 Å². The van der Waals surface area contributed by atoms with Crippen LogP contribution >= 0.6 is 0 Å². The molecule has 2 aromatic carbocycles. The van der Waals surface area contributed by atoms with Gasteiger partial charge in [0.1, 0.15) is 0 Å². The van der Waals surface area contributed by atoms with E-state index in [4.69, 9.17) is 0 Å². The molecule has 0 spiro atoms. The molecular formula is C23H19F3N6O5S. The van der Waals surface area contributed by atoms with Crippen molar-refractivity contribution in [2.75, 3.05) is 16.3 Å². The van der Waals surface area contributed by atoms with E-state index >= 15 is 0 Å². The number of hydrogen-bond donors (Lipinski definition) is 3. The lowest BCUT2D eigenvalue weighted by atomic mass is 10.2. The molecule has 0 aliphatic heterocycles. The van der Waals surface area contributed by atoms with Gasteiger partial charge in [-0.2, -0.15) is 4.98 Å². The molecule has 0 radical (unpaired) electrons. The van der Waals surface area contributed by atoms with E-state index in [9.17, 15) is 36.0 Å². The Labute approximate surface area is 212 Å². The Kier molecular flexibility index (Phi) is 7.21. The van der Waals surface area contributed by atoms with Gasteiger partial charge in [-0.25, -0.2) is 35.7 Å². The largest absolute Gasteiger partial charge is 0.355 e. The van der Waals surface area contributed by atoms with Crippen LogP contribution in [0.15, 0.2) is 69.1 Å². The Hall–Kier alpha value is -4.66. The lowest BCUT2D eigenvalue weighted by Crippen LogP contribution is -2.43. The van der Waals surface area contributed by atoms with Crippen LogP contribution < -0.4 is 27.0 Å². The van der Waals surface area contributed by atoms with Crippen LogP contribution in [0.5, 0.6) is 0 Å². The van der Waals surface area contributed by atoms with Crippen LogP contribution in [0, 0.1) is 17.5 Å². The molecule has 0 saturated heterocycles. The molecule has 198 valence electrons. The van der Waals surface area contributed by atoms with Gasteiger partial charge in [0.2, 0.25) is 16.0 Å². The summed E-state index contributed by atoms with van der Waals surface area (Å²) in [5, 5.41) is 2.74. The molecule has 0 aliphatic rings. The summed E-state index contributed by atoms with van der Waals surface area (Å²) in [6.07, 6.45) is 2.34. The summed E-state index contributed by atoms with van der Waals surface area (Å²) in [5.41, 5.74) is -2.10. The van der Waals surface area contributed by atoms with Crippen molar-refractivity contribution in [3.8, 4) is 0 Å². The van der Waals surface area contributed by atoms with Gasteiger partial charge in [0.05, 0.1) is 19.3 Å². The second kappa shape index (κ2) is 10.4. The number of benzene rings is 2. The first-order chi connectivity index (χ1) is 17.9. The standard InChI is InChI=1S/C23H19F3N6O5S/c1-38(36,37)30-16-6-4-15(5-7-16)28-21-29-22(34)32(12-14-3-2-8-27-20(14)33)23(35)31(21)11-13-9-17(24)19(26)18(25)10-13/h2-10,30H,11-12H2,1H3,(H,27,33)(H,28,29,34). The molecule has 0 unspecified atom stereocenters. The first-order valence-electron chi connectivity index (χ1n) is 10.8. The Balaban J connectivity index is 1.79. The van der Waals surface area contributed by atoms with Gasteiger partial charge in [0.15, 0.2) is 17.5 Å². The van der Waals surface area contributed by atoms with Crippen LogP contribution in [0.3, 0.4) is 0 Å². The van der Waals surface area contributed by atoms with Gasteiger partial charge in [0, 0.05) is 23.1 Å². The fourth-order valence-corrected chi connectivity index (χ4v) is 4.06. The number of nitrogens with one attached hydrogen (secondary N) is 3. The second-order valence-electron chi connectivity index (χ2n) is 8.15. The first kappa shape index (κ1) is 26.4. The van der Waals surface area contributed by atoms with Gasteiger partial charge in [-0.15, -0.1) is 0 Å². The van der Waals surface area contributed by atoms with Gasteiger partial charge in [-0.1, -0.05) is 6.07 Å². The van der Waals surface area contributed by atoms with Gasteiger partial charge < -0.3 is 10.3 Å². The highest BCUT2D eigenvalue weighted by molar-refractivity contribution is 7.92. The third kappa shape index (κ3) is 6.00. The lowest BCUT2D eigenvalue weighted by Gasteiger charge is -2.16. The lowest BCUT2D eigenvalue weighted by molar-refractivity contribution is 0.444. The number of hydrogen-bond acceptors (Lipinski definition) is 7. The molecule has 2 heterocycles. The number of aromatic nitrogens is 4. The van der Waals surface area contributed by atoms with E-state index in [0.717, 1.165) is 10.8 Å². The van der Waals surface area contributed by atoms with Crippen molar-refractivity contribution in [1.82, 2.24) is 19.1 Å². The van der Waals surface area contributed by atoms with E-state index in [1.54, 1.807) is 0 Å². The predicted molar refractivity (Wildman–Crippen MR) is 133 cm³/mol. The van der Waals surface area contributed by atoms with Crippen LogP contribution in [-0.4, -0.2) is 33.8 Å². The number of pyridine rings is 1. The predicted octanol–water partition coefficient (Wildman–Crippen LogP) is 1.72. The summed E-state index contributed by atoms with van der Waals surface area (Å²) in [6.45, 7) is -0.972. The fourth-order valence-electron chi connectivity index (χ4n) is 3.50. The van der Waals surface area contributed by atoms with Crippen LogP contribution in [-0.2, 0) is 23.1 Å². The summed E-state index contributed by atoms with van der Waals surface area (Å²) in [6, 6.07) is 9.94. The molecular weight excluding hydrogens is 529 g/mol. The topological polar surface area (TPSA) is 148 Å². The molecule has 0 bridgehead atoms. The third-order valence-electron chi connectivity index (χ3n) is 5.21. The minimum absolute atomic E-state index is 0.0774. The zero-order chi connectivity index (χ0) is 27.6. The van der Waals surface area contributed by atoms with Gasteiger partial charge in [0.25, 0.3) is 5.56 Å². The first-order valence-corrected chi connectivity index (χ1v) is 12.7. The highest BCUT2D eigenvalue weighted by Gasteiger charge is 2.18. The molecule has 4 rings (SSSR count). The molecule has 0 amide bonds. The Morgan fingerprint density at radius 3 is 2.16 bits per heavy atom. The summed E-state index contributed by atoms with van der Waals surface area (Å²) >= 11 is 0. The summed E-state index contributed by atoms with van der Waals surface area (Å²) in [4.78, 5) is 44.5. The van der Waals surface area contributed by atoms with Crippen molar-refractivity contribution < 1.29 is 21.6 Å². The molecule has 0 fully saturated rings. The van der Waals surface area contributed by atoms with Crippen molar-refractivity contribution in [2.24, 2.45) is 0 Å². The maximum absolute atomic E-state index is 13.8. The number of sulfonamides is 1. The smallest absolute Gasteiger partial charge is 0.329 e. The SMILES string of the molecule is CS(=O)(=O)Nc1ccc(Nc2nc(=O)n(Cc3ccc[nH]c3=O)c(=O)n2Cc2cc(F)c(F)c(F)c2)cc1. The van der Waals surface area contributed by atoms with Crippen molar-refractivity contribution in [2.45, 2.75) is 13.1 Å². The normalized spacial score (nSPS) is 11.4. The molecule has 0 atom stereocenters. The Bertz CT molecular complexity index is 1780. The average Bonchev–Trinajstić information content (AvgIpc) is 2.84. The number of aromatic amines is 1. The van der Waals surface area contributed by atoms with E-state index < -0.39 is 57.5 Å². The number of anilines is 3. The fraction of sp³-hybridized carbons (Fsp3) is 0.130. The molecule has 11 nitrogen and oxygen atoms in total. The Morgan fingerprint density at radius 2 is 1.55 bits per heavy atom. The number of rotatable bonds is 8. The van der Waals surface area contributed by atoms with E-state index in [1.165, 1.54) is 42.6 Å². The third-order valence-corrected chi connectivity index (χ3v) is 5.81.